The second kappa shape index (κ2) is 7.82. The molecule has 0 radical (unpaired) electrons. The molecule has 23 heavy (non-hydrogen) atoms. The number of aromatic nitrogens is 1. The number of carbonyl (C=O) groups excluding carboxylic acids is 2. The summed E-state index contributed by atoms with van der Waals surface area (Å²) in [5.74, 6) is 0.125. The predicted molar refractivity (Wildman–Crippen MR) is 87.3 cm³/mol. The van der Waals surface area contributed by atoms with E-state index in [0.717, 1.165) is 10.5 Å². The van der Waals surface area contributed by atoms with Gasteiger partial charge in [-0.1, -0.05) is 23.4 Å². The molecular formula is C16H18N2O4S. The van der Waals surface area contributed by atoms with Crippen LogP contribution in [0.25, 0.3) is 0 Å². The van der Waals surface area contributed by atoms with Crippen LogP contribution in [0.5, 0.6) is 0 Å². The third-order valence-electron chi connectivity index (χ3n) is 3.00. The second-order valence-electron chi connectivity index (χ2n) is 5.00. The molecule has 1 N–H and O–H groups in total. The van der Waals surface area contributed by atoms with Gasteiger partial charge in [-0.25, -0.2) is 0 Å². The van der Waals surface area contributed by atoms with Crippen LogP contribution in [0.1, 0.15) is 18.2 Å². The number of esters is 1. The fraction of sp³-hybridized carbons (Fsp3) is 0.312. The van der Waals surface area contributed by atoms with Crippen molar-refractivity contribution in [2.45, 2.75) is 31.8 Å². The number of ether oxygens (including phenoxy) is 1. The van der Waals surface area contributed by atoms with Crippen LogP contribution in [0.3, 0.4) is 0 Å². The van der Waals surface area contributed by atoms with E-state index < -0.39 is 18.0 Å². The van der Waals surface area contributed by atoms with Crippen molar-refractivity contribution >= 4 is 29.5 Å². The van der Waals surface area contributed by atoms with E-state index in [1.807, 2.05) is 31.2 Å². The number of rotatable bonds is 6. The van der Waals surface area contributed by atoms with Gasteiger partial charge in [0.2, 0.25) is 0 Å². The van der Waals surface area contributed by atoms with Gasteiger partial charge in [-0.05, 0) is 32.4 Å². The van der Waals surface area contributed by atoms with Crippen LogP contribution in [0.4, 0.5) is 5.82 Å². The van der Waals surface area contributed by atoms with E-state index in [0.29, 0.717) is 11.6 Å². The van der Waals surface area contributed by atoms with E-state index in [4.69, 9.17) is 9.26 Å². The summed E-state index contributed by atoms with van der Waals surface area (Å²) < 4.78 is 9.97. The number of aryl methyl sites for hydroxylation is 2. The first kappa shape index (κ1) is 17.1. The summed E-state index contributed by atoms with van der Waals surface area (Å²) in [7, 11) is 0. The maximum atomic E-state index is 11.9. The van der Waals surface area contributed by atoms with Gasteiger partial charge in [0.05, 0.1) is 5.75 Å². The second-order valence-corrected chi connectivity index (χ2v) is 6.02. The molecule has 1 atom stereocenters. The molecule has 0 aliphatic heterocycles. The maximum Gasteiger partial charge on any atom is 0.317 e. The fourth-order valence-electron chi connectivity index (χ4n) is 1.79. The fourth-order valence-corrected chi connectivity index (χ4v) is 2.60. The number of nitrogens with zero attached hydrogens (tertiary/aromatic N) is 1. The number of anilines is 1. The molecule has 1 heterocycles. The minimum Gasteiger partial charge on any atom is -0.452 e. The number of hydrogen-bond donors (Lipinski definition) is 1. The summed E-state index contributed by atoms with van der Waals surface area (Å²) in [6, 6.07) is 9.35. The molecule has 0 fully saturated rings. The molecule has 1 aromatic heterocycles. The molecule has 122 valence electrons. The maximum absolute atomic E-state index is 11.9. The average molecular weight is 334 g/mol. The number of carbonyl (C=O) groups is 2. The molecule has 1 amide bonds. The summed E-state index contributed by atoms with van der Waals surface area (Å²) in [5.41, 5.74) is 1.09. The van der Waals surface area contributed by atoms with Crippen LogP contribution in [0.15, 0.2) is 39.8 Å². The molecule has 0 saturated heterocycles. The molecule has 0 aliphatic rings. The number of nitrogens with one attached hydrogen (secondary N) is 1. The molecule has 0 spiro atoms. The van der Waals surface area contributed by atoms with Gasteiger partial charge in [-0.2, -0.15) is 0 Å². The summed E-state index contributed by atoms with van der Waals surface area (Å²) in [4.78, 5) is 24.8. The Kier molecular flexibility index (Phi) is 5.81. The third kappa shape index (κ3) is 5.14. The van der Waals surface area contributed by atoms with E-state index >= 15 is 0 Å². The van der Waals surface area contributed by atoms with Crippen LogP contribution in [-0.2, 0) is 14.3 Å². The average Bonchev–Trinajstić information content (AvgIpc) is 2.91. The van der Waals surface area contributed by atoms with Crippen molar-refractivity contribution in [3.8, 4) is 0 Å². The van der Waals surface area contributed by atoms with E-state index in [9.17, 15) is 9.59 Å². The normalized spacial score (nSPS) is 11.8. The van der Waals surface area contributed by atoms with Gasteiger partial charge in [0, 0.05) is 11.0 Å². The Hall–Kier alpha value is -2.28. The zero-order valence-electron chi connectivity index (χ0n) is 13.2. The molecule has 0 saturated carbocycles. The van der Waals surface area contributed by atoms with Crippen molar-refractivity contribution in [1.82, 2.24) is 5.16 Å². The lowest BCUT2D eigenvalue weighted by molar-refractivity contribution is -0.150. The van der Waals surface area contributed by atoms with Gasteiger partial charge in [0.25, 0.3) is 5.91 Å². The molecular weight excluding hydrogens is 316 g/mol. The van der Waals surface area contributed by atoms with E-state index in [2.05, 4.69) is 10.5 Å². The highest BCUT2D eigenvalue weighted by Gasteiger charge is 2.19. The lowest BCUT2D eigenvalue weighted by Crippen LogP contribution is -2.30. The number of benzene rings is 1. The van der Waals surface area contributed by atoms with Crippen LogP contribution in [0, 0.1) is 13.8 Å². The first-order chi connectivity index (χ1) is 11.0. The van der Waals surface area contributed by atoms with Gasteiger partial charge in [0.1, 0.15) is 5.76 Å². The Bertz CT molecular complexity index is 699. The van der Waals surface area contributed by atoms with Crippen molar-refractivity contribution < 1.29 is 18.8 Å². The number of amides is 1. The first-order valence-electron chi connectivity index (χ1n) is 7.08. The Morgan fingerprint density at radius 3 is 2.74 bits per heavy atom. The largest absolute Gasteiger partial charge is 0.452 e. The van der Waals surface area contributed by atoms with E-state index in [1.54, 1.807) is 13.0 Å². The highest BCUT2D eigenvalue weighted by atomic mass is 32.2. The molecule has 6 nitrogen and oxygen atoms in total. The Morgan fingerprint density at radius 1 is 1.35 bits per heavy atom. The third-order valence-corrected chi connectivity index (χ3v) is 4.14. The van der Waals surface area contributed by atoms with E-state index in [-0.39, 0.29) is 5.75 Å². The summed E-state index contributed by atoms with van der Waals surface area (Å²) in [6.45, 7) is 5.21. The Labute approximate surface area is 138 Å². The van der Waals surface area contributed by atoms with Crippen molar-refractivity contribution in [3.63, 3.8) is 0 Å². The van der Waals surface area contributed by atoms with Crippen molar-refractivity contribution in [2.75, 3.05) is 11.1 Å². The summed E-state index contributed by atoms with van der Waals surface area (Å²) >= 11 is 1.38. The van der Waals surface area contributed by atoms with Crippen LogP contribution in [0.2, 0.25) is 0 Å². The Morgan fingerprint density at radius 2 is 2.09 bits per heavy atom. The molecule has 2 rings (SSSR count). The zero-order valence-corrected chi connectivity index (χ0v) is 14.0. The predicted octanol–water partition coefficient (Wildman–Crippen LogP) is 2.95. The Balaban J connectivity index is 1.80. The minimum atomic E-state index is -0.906. The van der Waals surface area contributed by atoms with Gasteiger partial charge in [0.15, 0.2) is 11.9 Å². The molecule has 0 aliphatic carbocycles. The van der Waals surface area contributed by atoms with Crippen LogP contribution in [-0.4, -0.2) is 28.9 Å². The highest BCUT2D eigenvalue weighted by Crippen LogP contribution is 2.21. The smallest absolute Gasteiger partial charge is 0.317 e. The standard InChI is InChI=1S/C16H18N2O4S/c1-10-6-4-5-7-13(10)23-9-15(19)21-12(3)16(20)17-14-8-11(2)22-18-14/h4-8,12H,9H2,1-3H3,(H,17,18,20). The summed E-state index contributed by atoms with van der Waals surface area (Å²) in [6.07, 6.45) is -0.906. The topological polar surface area (TPSA) is 81.4 Å². The summed E-state index contributed by atoms with van der Waals surface area (Å²) in [5, 5.41) is 6.17. The quantitative estimate of drug-likeness (QED) is 0.646. The lowest BCUT2D eigenvalue weighted by atomic mass is 10.2. The van der Waals surface area contributed by atoms with E-state index in [1.165, 1.54) is 18.7 Å². The van der Waals surface area contributed by atoms with Crippen molar-refractivity contribution in [1.29, 1.82) is 0 Å². The highest BCUT2D eigenvalue weighted by molar-refractivity contribution is 8.00. The van der Waals surface area contributed by atoms with Crippen molar-refractivity contribution in [2.24, 2.45) is 0 Å². The first-order valence-corrected chi connectivity index (χ1v) is 8.06. The molecule has 7 heteroatoms. The van der Waals surface area contributed by atoms with Gasteiger partial charge in [-0.15, -0.1) is 11.8 Å². The molecule has 1 unspecified atom stereocenters. The SMILES string of the molecule is Cc1cc(NC(=O)C(C)OC(=O)CSc2ccccc2C)no1. The van der Waals surface area contributed by atoms with Gasteiger partial charge < -0.3 is 14.6 Å². The zero-order chi connectivity index (χ0) is 16.8. The van der Waals surface area contributed by atoms with Crippen LogP contribution >= 0.6 is 11.8 Å². The monoisotopic (exact) mass is 334 g/mol. The van der Waals surface area contributed by atoms with Crippen LogP contribution < -0.4 is 5.32 Å². The van der Waals surface area contributed by atoms with Crippen molar-refractivity contribution in [3.05, 3.63) is 41.7 Å². The van der Waals surface area contributed by atoms with Gasteiger partial charge >= 0.3 is 5.97 Å². The molecule has 0 bridgehead atoms. The molecule has 2 aromatic rings. The van der Waals surface area contributed by atoms with Gasteiger partial charge in [-0.3, -0.25) is 9.59 Å². The lowest BCUT2D eigenvalue weighted by Gasteiger charge is -2.12. The minimum absolute atomic E-state index is 0.144. The molecule has 1 aromatic carbocycles. The number of thioether (sulfide) groups is 1. The number of hydrogen-bond acceptors (Lipinski definition) is 6.